The van der Waals surface area contributed by atoms with E-state index in [0.717, 1.165) is 11.1 Å². The summed E-state index contributed by atoms with van der Waals surface area (Å²) in [5.74, 6) is 0.426. The van der Waals surface area contributed by atoms with Crippen LogP contribution in [0.15, 0.2) is 18.2 Å². The molecule has 1 atom stereocenters. The fraction of sp³-hybridized carbons (Fsp3) is 0.462. The predicted molar refractivity (Wildman–Crippen MR) is 75.5 cm³/mol. The molecule has 2 amide bonds. The molecule has 3 N–H and O–H groups in total. The molecule has 0 aliphatic carbocycles. The molecule has 1 rings (SSSR count). The average molecular weight is 286 g/mol. The van der Waals surface area contributed by atoms with Crippen LogP contribution < -0.4 is 10.6 Å². The lowest BCUT2D eigenvalue weighted by molar-refractivity contribution is 0.220. The first kappa shape index (κ1) is 15.8. The second-order valence-corrected chi connectivity index (χ2v) is 5.12. The van der Waals surface area contributed by atoms with E-state index in [9.17, 15) is 9.18 Å². The van der Waals surface area contributed by atoms with Crippen LogP contribution in [0.25, 0.3) is 0 Å². The van der Waals surface area contributed by atoms with Crippen LogP contribution in [0.2, 0.25) is 0 Å². The van der Waals surface area contributed by atoms with Gasteiger partial charge < -0.3 is 15.7 Å². The van der Waals surface area contributed by atoms with Crippen LogP contribution in [0, 0.1) is 5.82 Å². The first-order valence-electron chi connectivity index (χ1n) is 5.98. The van der Waals surface area contributed by atoms with Gasteiger partial charge in [-0.25, -0.2) is 9.18 Å². The molecule has 106 valence electrons. The van der Waals surface area contributed by atoms with E-state index in [1.165, 1.54) is 12.1 Å². The van der Waals surface area contributed by atoms with E-state index in [0.29, 0.717) is 12.3 Å². The number of amides is 2. The van der Waals surface area contributed by atoms with Crippen LogP contribution in [-0.4, -0.2) is 30.0 Å². The van der Waals surface area contributed by atoms with Crippen LogP contribution in [-0.2, 0) is 12.3 Å². The molecular formula is C13H19FN2O2S. The van der Waals surface area contributed by atoms with E-state index in [-0.39, 0.29) is 24.5 Å². The van der Waals surface area contributed by atoms with Gasteiger partial charge in [-0.05, 0) is 36.4 Å². The van der Waals surface area contributed by atoms with Gasteiger partial charge >= 0.3 is 6.03 Å². The SMILES string of the molecule is CSCc1cc(F)ccc1CNC(=O)N[C@H](C)CO. The number of thioether (sulfide) groups is 1. The topological polar surface area (TPSA) is 61.4 Å². The molecule has 6 heteroatoms. The monoisotopic (exact) mass is 286 g/mol. The van der Waals surface area contributed by atoms with Gasteiger partial charge in [-0.15, -0.1) is 0 Å². The second kappa shape index (κ2) is 8.01. The summed E-state index contributed by atoms with van der Waals surface area (Å²) in [6, 6.07) is 3.91. The smallest absolute Gasteiger partial charge is 0.315 e. The zero-order valence-corrected chi connectivity index (χ0v) is 11.9. The number of urea groups is 1. The average Bonchev–Trinajstić information content (AvgIpc) is 2.38. The van der Waals surface area contributed by atoms with Gasteiger partial charge in [-0.3, -0.25) is 0 Å². The highest BCUT2D eigenvalue weighted by Gasteiger charge is 2.08. The molecule has 0 bridgehead atoms. The van der Waals surface area contributed by atoms with E-state index >= 15 is 0 Å². The Bertz CT molecular complexity index is 429. The van der Waals surface area contributed by atoms with E-state index < -0.39 is 0 Å². The Morgan fingerprint density at radius 3 is 2.84 bits per heavy atom. The number of benzene rings is 1. The number of halogens is 1. The summed E-state index contributed by atoms with van der Waals surface area (Å²) in [6.45, 7) is 1.93. The maximum Gasteiger partial charge on any atom is 0.315 e. The number of aliphatic hydroxyl groups excluding tert-OH is 1. The van der Waals surface area contributed by atoms with Crippen molar-refractivity contribution in [2.75, 3.05) is 12.9 Å². The van der Waals surface area contributed by atoms with Crippen molar-refractivity contribution in [3.63, 3.8) is 0 Å². The predicted octanol–water partition coefficient (Wildman–Crippen LogP) is 1.87. The number of carbonyl (C=O) groups excluding carboxylic acids is 1. The van der Waals surface area contributed by atoms with Crippen molar-refractivity contribution in [3.05, 3.63) is 35.1 Å². The Morgan fingerprint density at radius 1 is 1.47 bits per heavy atom. The highest BCUT2D eigenvalue weighted by atomic mass is 32.2. The largest absolute Gasteiger partial charge is 0.394 e. The van der Waals surface area contributed by atoms with E-state index in [1.54, 1.807) is 24.8 Å². The summed E-state index contributed by atoms with van der Waals surface area (Å²) in [5, 5.41) is 14.1. The molecule has 0 spiro atoms. The number of hydrogen-bond donors (Lipinski definition) is 3. The van der Waals surface area contributed by atoms with Gasteiger partial charge in [-0.2, -0.15) is 11.8 Å². The number of aliphatic hydroxyl groups is 1. The van der Waals surface area contributed by atoms with Gasteiger partial charge in [0.15, 0.2) is 0 Å². The van der Waals surface area contributed by atoms with Crippen molar-refractivity contribution < 1.29 is 14.3 Å². The number of nitrogens with one attached hydrogen (secondary N) is 2. The Labute approximate surface area is 116 Å². The molecule has 1 aromatic carbocycles. The minimum absolute atomic E-state index is 0.109. The lowest BCUT2D eigenvalue weighted by Crippen LogP contribution is -2.42. The number of rotatable bonds is 6. The molecule has 0 aromatic heterocycles. The van der Waals surface area contributed by atoms with Crippen molar-refractivity contribution in [1.82, 2.24) is 10.6 Å². The quantitative estimate of drug-likeness (QED) is 0.748. The summed E-state index contributed by atoms with van der Waals surface area (Å²) in [7, 11) is 0. The molecule has 0 radical (unpaired) electrons. The van der Waals surface area contributed by atoms with Crippen molar-refractivity contribution in [2.45, 2.75) is 25.3 Å². The lowest BCUT2D eigenvalue weighted by Gasteiger charge is -2.13. The van der Waals surface area contributed by atoms with E-state index in [2.05, 4.69) is 10.6 Å². The van der Waals surface area contributed by atoms with Gasteiger partial charge in [0, 0.05) is 12.3 Å². The lowest BCUT2D eigenvalue weighted by atomic mass is 10.1. The maximum atomic E-state index is 13.2. The van der Waals surface area contributed by atoms with Crippen LogP contribution in [0.4, 0.5) is 9.18 Å². The molecule has 0 aliphatic heterocycles. The fourth-order valence-electron chi connectivity index (χ4n) is 1.55. The standard InChI is InChI=1S/C13H19FN2O2S/c1-9(7-17)16-13(18)15-6-10-3-4-12(14)5-11(10)8-19-2/h3-5,9,17H,6-8H2,1-2H3,(H2,15,16,18)/t9-/m1/s1. The van der Waals surface area contributed by atoms with E-state index in [1.807, 2.05) is 6.26 Å². The number of hydrogen-bond acceptors (Lipinski definition) is 3. The summed E-state index contributed by atoms with van der Waals surface area (Å²) in [4.78, 5) is 11.5. The maximum absolute atomic E-state index is 13.2. The van der Waals surface area contributed by atoms with Crippen molar-refractivity contribution in [2.24, 2.45) is 0 Å². The summed E-state index contributed by atoms with van der Waals surface area (Å²) < 4.78 is 13.2. The van der Waals surface area contributed by atoms with Crippen molar-refractivity contribution >= 4 is 17.8 Å². The third-order valence-corrected chi connectivity index (χ3v) is 3.16. The molecule has 0 heterocycles. The Balaban J connectivity index is 2.59. The third-order valence-electron chi connectivity index (χ3n) is 2.56. The Hall–Kier alpha value is -1.27. The van der Waals surface area contributed by atoms with Crippen molar-refractivity contribution in [3.8, 4) is 0 Å². The van der Waals surface area contributed by atoms with Crippen LogP contribution in [0.5, 0.6) is 0 Å². The summed E-state index contributed by atoms with van der Waals surface area (Å²) in [6.07, 6.45) is 1.94. The Kier molecular flexibility index (Phi) is 6.66. The minimum Gasteiger partial charge on any atom is -0.394 e. The highest BCUT2D eigenvalue weighted by molar-refractivity contribution is 7.97. The van der Waals surface area contributed by atoms with Crippen LogP contribution >= 0.6 is 11.8 Å². The molecule has 1 aromatic rings. The molecule has 0 saturated carbocycles. The molecule has 19 heavy (non-hydrogen) atoms. The van der Waals surface area contributed by atoms with Crippen LogP contribution in [0.1, 0.15) is 18.1 Å². The van der Waals surface area contributed by atoms with Gasteiger partial charge in [-0.1, -0.05) is 6.07 Å². The van der Waals surface area contributed by atoms with E-state index in [4.69, 9.17) is 5.11 Å². The highest BCUT2D eigenvalue weighted by Crippen LogP contribution is 2.16. The minimum atomic E-state index is -0.346. The van der Waals surface area contributed by atoms with Gasteiger partial charge in [0.1, 0.15) is 5.82 Å². The fourth-order valence-corrected chi connectivity index (χ4v) is 2.13. The third kappa shape index (κ3) is 5.48. The Morgan fingerprint density at radius 2 is 2.21 bits per heavy atom. The molecule has 0 fully saturated rings. The molecule has 0 unspecified atom stereocenters. The molecular weight excluding hydrogens is 267 g/mol. The van der Waals surface area contributed by atoms with Crippen molar-refractivity contribution in [1.29, 1.82) is 0 Å². The zero-order valence-electron chi connectivity index (χ0n) is 11.1. The van der Waals surface area contributed by atoms with Gasteiger partial charge in [0.05, 0.1) is 12.6 Å². The molecule has 0 saturated heterocycles. The first-order valence-corrected chi connectivity index (χ1v) is 7.37. The van der Waals surface area contributed by atoms with Gasteiger partial charge in [0.25, 0.3) is 0 Å². The van der Waals surface area contributed by atoms with Crippen LogP contribution in [0.3, 0.4) is 0 Å². The summed E-state index contributed by atoms with van der Waals surface area (Å²) in [5.41, 5.74) is 1.77. The first-order chi connectivity index (χ1) is 9.06. The second-order valence-electron chi connectivity index (χ2n) is 4.26. The number of carbonyl (C=O) groups is 1. The van der Waals surface area contributed by atoms with Gasteiger partial charge in [0.2, 0.25) is 0 Å². The zero-order chi connectivity index (χ0) is 14.3. The normalized spacial score (nSPS) is 12.0. The molecule has 0 aliphatic rings. The summed E-state index contributed by atoms with van der Waals surface area (Å²) >= 11 is 1.60. The molecule has 4 nitrogen and oxygen atoms in total.